The van der Waals surface area contributed by atoms with Crippen molar-refractivity contribution in [1.82, 2.24) is 9.55 Å². The van der Waals surface area contributed by atoms with Gasteiger partial charge in [0.15, 0.2) is 6.29 Å². The minimum absolute atomic E-state index is 0.258. The lowest BCUT2D eigenvalue weighted by Crippen LogP contribution is -2.57. The minimum atomic E-state index is -1.68. The maximum absolute atomic E-state index is 12.3. The lowest BCUT2D eigenvalue weighted by Gasteiger charge is -2.38. The van der Waals surface area contributed by atoms with Crippen LogP contribution in [0.5, 0.6) is 5.88 Å². The molecule has 0 saturated carbocycles. The van der Waals surface area contributed by atoms with Crippen LogP contribution >= 0.6 is 0 Å². The Balaban J connectivity index is 1.98. The molecule has 168 valence electrons. The second-order valence-corrected chi connectivity index (χ2v) is 7.58. The van der Waals surface area contributed by atoms with E-state index in [0.717, 1.165) is 16.3 Å². The molecule has 1 aromatic heterocycles. The van der Waals surface area contributed by atoms with Crippen molar-refractivity contribution in [3.63, 3.8) is 0 Å². The Bertz CT molecular complexity index is 1060. The first-order chi connectivity index (χ1) is 14.6. The van der Waals surface area contributed by atoms with Gasteiger partial charge in [-0.2, -0.15) is 0 Å². The number of aliphatic hydroxyl groups is 4. The predicted molar refractivity (Wildman–Crippen MR) is 110 cm³/mol. The first-order valence-electron chi connectivity index (χ1n) is 9.68. The average Bonchev–Trinajstić information content (AvgIpc) is 2.72. The summed E-state index contributed by atoms with van der Waals surface area (Å²) < 4.78 is 5.88. The van der Waals surface area contributed by atoms with Gasteiger partial charge < -0.3 is 30.3 Å². The summed E-state index contributed by atoms with van der Waals surface area (Å²) in [6.07, 6.45) is -5.14. The van der Waals surface area contributed by atoms with Gasteiger partial charge in [-0.15, -0.1) is 0 Å². The van der Waals surface area contributed by atoms with Crippen molar-refractivity contribution < 1.29 is 30.3 Å². The third kappa shape index (κ3) is 4.45. The maximum Gasteiger partial charge on any atom is 0.335 e. The maximum atomic E-state index is 12.3. The monoisotopic (exact) mass is 435 g/mol. The average molecular weight is 435 g/mol. The second-order valence-electron chi connectivity index (χ2n) is 7.58. The highest BCUT2D eigenvalue weighted by atomic mass is 16.6. The molecule has 6 N–H and O–H groups in total. The van der Waals surface area contributed by atoms with Crippen molar-refractivity contribution in [2.45, 2.75) is 50.4 Å². The molecule has 1 aromatic carbocycles. The van der Waals surface area contributed by atoms with Crippen molar-refractivity contribution in [2.24, 2.45) is 4.99 Å². The first kappa shape index (κ1) is 22.8. The van der Waals surface area contributed by atoms with Crippen LogP contribution in [0.3, 0.4) is 0 Å². The Kier molecular flexibility index (Phi) is 6.72. The zero-order chi connectivity index (χ0) is 22.9. The molecular formula is C20H25N3O8. The lowest BCUT2D eigenvalue weighted by molar-refractivity contribution is -0.248. The summed E-state index contributed by atoms with van der Waals surface area (Å²) in [5.74, 6) is -0.432. The molecule has 2 aromatic rings. The van der Waals surface area contributed by atoms with Gasteiger partial charge in [-0.05, 0) is 23.6 Å². The van der Waals surface area contributed by atoms with Crippen LogP contribution in [0.4, 0.5) is 0 Å². The van der Waals surface area contributed by atoms with E-state index in [1.54, 1.807) is 24.3 Å². The Labute approximate surface area is 176 Å². The van der Waals surface area contributed by atoms with E-state index in [1.165, 1.54) is 0 Å². The highest BCUT2D eigenvalue weighted by Gasteiger charge is 2.43. The first-order valence-corrected chi connectivity index (χ1v) is 9.68. The van der Waals surface area contributed by atoms with Gasteiger partial charge in [0.25, 0.3) is 5.56 Å². The van der Waals surface area contributed by atoms with E-state index in [2.05, 4.69) is 9.98 Å². The van der Waals surface area contributed by atoms with Gasteiger partial charge in [0.05, 0.1) is 12.3 Å². The molecule has 1 aliphatic rings. The van der Waals surface area contributed by atoms with Gasteiger partial charge in [0.1, 0.15) is 29.9 Å². The molecule has 0 aliphatic carbocycles. The molecule has 5 atom stereocenters. The Hall–Kier alpha value is -2.83. The van der Waals surface area contributed by atoms with E-state index in [1.807, 2.05) is 13.8 Å². The van der Waals surface area contributed by atoms with Crippen molar-refractivity contribution in [1.29, 1.82) is 0 Å². The quantitative estimate of drug-likeness (QED) is 0.310. The van der Waals surface area contributed by atoms with Gasteiger partial charge in [0.2, 0.25) is 5.88 Å². The standard InChI is InChI=1S/C20H25N3O8/c1-9(2)10-3-5-11(6-4-10)23-18(28)12(17(27)22-20(23)30)7-21-14-16(26)15(25)13(8-24)31-19(14)29/h3-7,9,13-16,19,24-26,28-29H,8H2,1-2H3,(H,22,27,30)/t13-,14-,15-,16-,19-/m1/s1. The van der Waals surface area contributed by atoms with E-state index < -0.39 is 59.9 Å². The molecule has 1 saturated heterocycles. The number of aromatic hydroxyl groups is 1. The number of aromatic amines is 1. The molecule has 0 amide bonds. The molecular weight excluding hydrogens is 410 g/mol. The third-order valence-corrected chi connectivity index (χ3v) is 5.18. The van der Waals surface area contributed by atoms with Crippen LogP contribution in [0.25, 0.3) is 5.69 Å². The van der Waals surface area contributed by atoms with Crippen LogP contribution in [0, 0.1) is 0 Å². The fraction of sp³-hybridized carbons (Fsp3) is 0.450. The van der Waals surface area contributed by atoms with Gasteiger partial charge >= 0.3 is 5.69 Å². The topological polar surface area (TPSA) is 178 Å². The van der Waals surface area contributed by atoms with E-state index in [-0.39, 0.29) is 5.92 Å². The molecule has 2 heterocycles. The minimum Gasteiger partial charge on any atom is -0.493 e. The van der Waals surface area contributed by atoms with Crippen LogP contribution < -0.4 is 11.2 Å². The Morgan fingerprint density at radius 3 is 2.39 bits per heavy atom. The summed E-state index contributed by atoms with van der Waals surface area (Å²) in [5, 5.41) is 49.8. The summed E-state index contributed by atoms with van der Waals surface area (Å²) in [4.78, 5) is 30.5. The van der Waals surface area contributed by atoms with Gasteiger partial charge in [0, 0.05) is 6.21 Å². The zero-order valence-corrected chi connectivity index (χ0v) is 16.9. The SMILES string of the molecule is CC(C)c1ccc(-n2c(O)c(C=N[C@@H]3[C@@H](O)[C@H](O)[C@@H](CO)O[C@H]3O)c(=O)[nH]c2=O)cc1. The number of nitrogens with zero attached hydrogens (tertiary/aromatic N) is 2. The number of nitrogens with one attached hydrogen (secondary N) is 1. The van der Waals surface area contributed by atoms with E-state index >= 15 is 0 Å². The van der Waals surface area contributed by atoms with Gasteiger partial charge in [-0.1, -0.05) is 26.0 Å². The summed E-state index contributed by atoms with van der Waals surface area (Å²) >= 11 is 0. The molecule has 1 fully saturated rings. The molecule has 3 rings (SSSR count). The number of rotatable bonds is 5. The van der Waals surface area contributed by atoms with Crippen molar-refractivity contribution >= 4 is 6.21 Å². The Morgan fingerprint density at radius 1 is 1.16 bits per heavy atom. The number of H-pyrrole nitrogens is 1. The number of aliphatic hydroxyl groups excluding tert-OH is 4. The van der Waals surface area contributed by atoms with Crippen LogP contribution in [-0.4, -0.2) is 78.5 Å². The van der Waals surface area contributed by atoms with Crippen LogP contribution in [0.2, 0.25) is 0 Å². The number of hydrogen-bond acceptors (Lipinski definition) is 9. The van der Waals surface area contributed by atoms with Gasteiger partial charge in [-0.3, -0.25) is 14.8 Å². The fourth-order valence-electron chi connectivity index (χ4n) is 3.31. The zero-order valence-electron chi connectivity index (χ0n) is 16.9. The molecule has 0 unspecified atom stereocenters. The Morgan fingerprint density at radius 2 is 1.81 bits per heavy atom. The summed E-state index contributed by atoms with van der Waals surface area (Å²) in [5.41, 5.74) is -0.872. The summed E-state index contributed by atoms with van der Waals surface area (Å²) in [7, 11) is 0. The van der Waals surface area contributed by atoms with Crippen LogP contribution in [0.15, 0.2) is 38.8 Å². The summed E-state index contributed by atoms with van der Waals surface area (Å²) in [6.45, 7) is 3.38. The molecule has 11 nitrogen and oxygen atoms in total. The number of benzene rings is 1. The number of aliphatic imine (C=N–C) groups is 1. The molecule has 31 heavy (non-hydrogen) atoms. The van der Waals surface area contributed by atoms with Crippen LogP contribution in [0.1, 0.15) is 30.9 Å². The predicted octanol–water partition coefficient (Wildman–Crippen LogP) is -1.43. The largest absolute Gasteiger partial charge is 0.493 e. The van der Waals surface area contributed by atoms with Crippen molar-refractivity contribution in [3.8, 4) is 11.6 Å². The molecule has 0 spiro atoms. The highest BCUT2D eigenvalue weighted by Crippen LogP contribution is 2.23. The van der Waals surface area contributed by atoms with E-state index in [4.69, 9.17) is 9.84 Å². The van der Waals surface area contributed by atoms with Crippen LogP contribution in [-0.2, 0) is 4.74 Å². The lowest BCUT2D eigenvalue weighted by atomic mass is 9.97. The third-order valence-electron chi connectivity index (χ3n) is 5.18. The highest BCUT2D eigenvalue weighted by molar-refractivity contribution is 5.82. The van der Waals surface area contributed by atoms with Crippen molar-refractivity contribution in [3.05, 3.63) is 56.2 Å². The van der Waals surface area contributed by atoms with E-state index in [9.17, 15) is 30.0 Å². The summed E-state index contributed by atoms with van der Waals surface area (Å²) in [6, 6.07) is 5.40. The fourth-order valence-corrected chi connectivity index (χ4v) is 3.31. The number of hydrogen-bond donors (Lipinski definition) is 6. The molecule has 0 bridgehead atoms. The normalized spacial score (nSPS) is 26.6. The second kappa shape index (κ2) is 9.12. The van der Waals surface area contributed by atoms with Gasteiger partial charge in [-0.25, -0.2) is 9.36 Å². The number of ether oxygens (including phenoxy) is 1. The molecule has 1 aliphatic heterocycles. The molecule has 11 heteroatoms. The smallest absolute Gasteiger partial charge is 0.335 e. The van der Waals surface area contributed by atoms with E-state index in [0.29, 0.717) is 5.69 Å². The number of aromatic nitrogens is 2. The van der Waals surface area contributed by atoms with Crippen molar-refractivity contribution in [2.75, 3.05) is 6.61 Å². The molecule has 0 radical (unpaired) electrons.